The molecule has 0 aliphatic carbocycles. The summed E-state index contributed by atoms with van der Waals surface area (Å²) < 4.78 is 5.70. The van der Waals surface area contributed by atoms with E-state index in [9.17, 15) is 4.79 Å². The van der Waals surface area contributed by atoms with Crippen LogP contribution in [0, 0.1) is 0 Å². The minimum Gasteiger partial charge on any atom is -0.492 e. The zero-order chi connectivity index (χ0) is 17.8. The number of halogens is 1. The van der Waals surface area contributed by atoms with Crippen molar-refractivity contribution >= 4 is 35.8 Å². The van der Waals surface area contributed by atoms with Crippen molar-refractivity contribution in [2.45, 2.75) is 33.2 Å². The van der Waals surface area contributed by atoms with Crippen LogP contribution in [0.3, 0.4) is 0 Å². The van der Waals surface area contributed by atoms with Crippen LogP contribution in [0.1, 0.15) is 27.2 Å². The lowest BCUT2D eigenvalue weighted by Crippen LogP contribution is -2.41. The van der Waals surface area contributed by atoms with Crippen LogP contribution in [0.25, 0.3) is 0 Å². The molecule has 1 aromatic carbocycles. The van der Waals surface area contributed by atoms with Crippen LogP contribution in [0.15, 0.2) is 35.3 Å². The molecule has 7 heteroatoms. The summed E-state index contributed by atoms with van der Waals surface area (Å²) >= 11 is 0. The third-order valence-electron chi connectivity index (χ3n) is 3.19. The van der Waals surface area contributed by atoms with Gasteiger partial charge in [0.05, 0.1) is 13.1 Å². The Hall–Kier alpha value is -1.51. The molecule has 25 heavy (non-hydrogen) atoms. The molecule has 0 saturated carbocycles. The van der Waals surface area contributed by atoms with Gasteiger partial charge in [-0.25, -0.2) is 0 Å². The van der Waals surface area contributed by atoms with E-state index in [0.29, 0.717) is 26.1 Å². The van der Waals surface area contributed by atoms with Crippen molar-refractivity contribution in [1.82, 2.24) is 15.5 Å². The molecule has 1 amide bonds. The van der Waals surface area contributed by atoms with Crippen molar-refractivity contribution in [1.29, 1.82) is 0 Å². The number of para-hydroxylation sites is 1. The van der Waals surface area contributed by atoms with E-state index in [4.69, 9.17) is 4.74 Å². The summed E-state index contributed by atoms with van der Waals surface area (Å²) in [7, 11) is 1.96. The summed E-state index contributed by atoms with van der Waals surface area (Å²) in [6.45, 7) is 8.44. The van der Waals surface area contributed by atoms with Crippen LogP contribution in [0.5, 0.6) is 5.75 Å². The maximum atomic E-state index is 11.7. The highest BCUT2D eigenvalue weighted by molar-refractivity contribution is 14.0. The number of aliphatic imine (C=N–C) groups is 1. The Morgan fingerprint density at radius 3 is 2.56 bits per heavy atom. The molecular weight excluding hydrogens is 431 g/mol. The van der Waals surface area contributed by atoms with Gasteiger partial charge in [-0.05, 0) is 32.9 Å². The second kappa shape index (κ2) is 13.7. The van der Waals surface area contributed by atoms with Gasteiger partial charge in [0.1, 0.15) is 12.4 Å². The number of rotatable bonds is 9. The second-order valence-electron chi connectivity index (χ2n) is 5.79. The lowest BCUT2D eigenvalue weighted by Gasteiger charge is -2.22. The molecule has 0 radical (unpaired) electrons. The summed E-state index contributed by atoms with van der Waals surface area (Å²) in [4.78, 5) is 18.2. The fourth-order valence-electron chi connectivity index (χ4n) is 2.05. The topological polar surface area (TPSA) is 66.0 Å². The van der Waals surface area contributed by atoms with Gasteiger partial charge < -0.3 is 20.3 Å². The Morgan fingerprint density at radius 1 is 1.28 bits per heavy atom. The Balaban J connectivity index is 0.00000576. The molecule has 0 aliphatic heterocycles. The molecule has 0 unspecified atom stereocenters. The largest absolute Gasteiger partial charge is 0.492 e. The second-order valence-corrected chi connectivity index (χ2v) is 5.79. The maximum Gasteiger partial charge on any atom is 0.222 e. The number of nitrogens with one attached hydrogen (secondary N) is 2. The molecule has 1 aromatic rings. The summed E-state index contributed by atoms with van der Waals surface area (Å²) in [6, 6.07) is 9.90. The molecule has 6 nitrogen and oxygen atoms in total. The molecule has 142 valence electrons. The number of amides is 1. The van der Waals surface area contributed by atoms with Crippen molar-refractivity contribution < 1.29 is 9.53 Å². The lowest BCUT2D eigenvalue weighted by atomic mass is 10.3. The summed E-state index contributed by atoms with van der Waals surface area (Å²) in [6.07, 6.45) is 0.390. The molecule has 0 fully saturated rings. The number of benzene rings is 1. The summed E-state index contributed by atoms with van der Waals surface area (Å²) in [5, 5.41) is 6.10. The van der Waals surface area contributed by atoms with Crippen LogP contribution in [0.2, 0.25) is 0 Å². The van der Waals surface area contributed by atoms with Gasteiger partial charge >= 0.3 is 0 Å². The number of hydrogen-bond acceptors (Lipinski definition) is 3. The first-order chi connectivity index (χ1) is 11.5. The smallest absolute Gasteiger partial charge is 0.222 e. The number of hydrogen-bond donors (Lipinski definition) is 2. The normalized spacial score (nSPS) is 10.8. The fourth-order valence-corrected chi connectivity index (χ4v) is 2.05. The number of guanidine groups is 1. The van der Waals surface area contributed by atoms with Gasteiger partial charge in [0.15, 0.2) is 5.96 Å². The van der Waals surface area contributed by atoms with Gasteiger partial charge in [-0.1, -0.05) is 18.2 Å². The quantitative estimate of drug-likeness (QED) is 0.336. The van der Waals surface area contributed by atoms with E-state index < -0.39 is 0 Å². The van der Waals surface area contributed by atoms with Gasteiger partial charge in [-0.15, -0.1) is 24.0 Å². The van der Waals surface area contributed by atoms with Crippen molar-refractivity contribution in [3.05, 3.63) is 30.3 Å². The summed E-state index contributed by atoms with van der Waals surface area (Å²) in [5.41, 5.74) is 0. The zero-order valence-corrected chi connectivity index (χ0v) is 17.9. The minimum absolute atomic E-state index is 0. The standard InChI is InChI=1S/C18H30N4O2.HI/c1-5-19-18(20-12-11-17(23)21-15(2)3)22(4)13-14-24-16-9-7-6-8-10-16;/h6-10,15H,5,11-14H2,1-4H3,(H,19,20)(H,21,23);1H. The van der Waals surface area contributed by atoms with E-state index in [2.05, 4.69) is 15.6 Å². The number of nitrogens with zero attached hydrogens (tertiary/aromatic N) is 2. The Bertz CT molecular complexity index is 509. The first kappa shape index (κ1) is 23.5. The van der Waals surface area contributed by atoms with Gasteiger partial charge in [-0.3, -0.25) is 9.79 Å². The fraction of sp³-hybridized carbons (Fsp3) is 0.556. The molecule has 0 heterocycles. The zero-order valence-electron chi connectivity index (χ0n) is 15.6. The molecule has 2 N–H and O–H groups in total. The third kappa shape index (κ3) is 10.9. The van der Waals surface area contributed by atoms with Crippen LogP contribution in [0.4, 0.5) is 0 Å². The van der Waals surface area contributed by atoms with Crippen LogP contribution < -0.4 is 15.4 Å². The predicted molar refractivity (Wildman–Crippen MR) is 114 cm³/mol. The van der Waals surface area contributed by atoms with E-state index in [1.807, 2.05) is 63.1 Å². The van der Waals surface area contributed by atoms with Gasteiger partial charge in [0.2, 0.25) is 5.91 Å². The highest BCUT2D eigenvalue weighted by Crippen LogP contribution is 2.07. The predicted octanol–water partition coefficient (Wildman–Crippen LogP) is 2.50. The first-order valence-corrected chi connectivity index (χ1v) is 8.49. The molecule has 0 aliphatic rings. The van der Waals surface area contributed by atoms with Crippen molar-refractivity contribution in [3.63, 3.8) is 0 Å². The number of carbonyl (C=O) groups is 1. The van der Waals surface area contributed by atoms with E-state index >= 15 is 0 Å². The van der Waals surface area contributed by atoms with Crippen LogP contribution in [-0.4, -0.2) is 56.1 Å². The molecule has 0 saturated heterocycles. The van der Waals surface area contributed by atoms with Crippen LogP contribution >= 0.6 is 24.0 Å². The van der Waals surface area contributed by atoms with E-state index in [-0.39, 0.29) is 35.9 Å². The van der Waals surface area contributed by atoms with E-state index in [1.54, 1.807) is 0 Å². The molecule has 1 rings (SSSR count). The molecule has 0 atom stereocenters. The minimum atomic E-state index is 0. The van der Waals surface area contributed by atoms with Crippen LogP contribution in [-0.2, 0) is 4.79 Å². The van der Waals surface area contributed by atoms with E-state index in [1.165, 1.54) is 0 Å². The average molecular weight is 462 g/mol. The van der Waals surface area contributed by atoms with Gasteiger partial charge in [0, 0.05) is 26.1 Å². The monoisotopic (exact) mass is 462 g/mol. The van der Waals surface area contributed by atoms with Crippen molar-refractivity contribution in [2.24, 2.45) is 4.99 Å². The number of ether oxygens (including phenoxy) is 1. The van der Waals surface area contributed by atoms with Gasteiger partial charge in [-0.2, -0.15) is 0 Å². The van der Waals surface area contributed by atoms with Crippen molar-refractivity contribution in [2.75, 3.05) is 33.3 Å². The maximum absolute atomic E-state index is 11.7. The Labute approximate surface area is 168 Å². The molecular formula is C18H31IN4O2. The molecule has 0 aromatic heterocycles. The van der Waals surface area contributed by atoms with E-state index in [0.717, 1.165) is 18.3 Å². The SMILES string of the molecule is CCNC(=NCCC(=O)NC(C)C)N(C)CCOc1ccccc1.I. The number of carbonyl (C=O) groups excluding carboxylic acids is 1. The Morgan fingerprint density at radius 2 is 1.96 bits per heavy atom. The highest BCUT2D eigenvalue weighted by atomic mass is 127. The third-order valence-corrected chi connectivity index (χ3v) is 3.19. The Kier molecular flexibility index (Phi) is 12.9. The summed E-state index contributed by atoms with van der Waals surface area (Å²) in [5.74, 6) is 1.67. The highest BCUT2D eigenvalue weighted by Gasteiger charge is 2.07. The number of likely N-dealkylation sites (N-methyl/N-ethyl adjacent to an activating group) is 1. The average Bonchev–Trinajstić information content (AvgIpc) is 2.54. The van der Waals surface area contributed by atoms with Crippen molar-refractivity contribution in [3.8, 4) is 5.75 Å². The van der Waals surface area contributed by atoms with Gasteiger partial charge in [0.25, 0.3) is 0 Å². The molecule has 0 bridgehead atoms. The first-order valence-electron chi connectivity index (χ1n) is 8.49. The molecule has 0 spiro atoms. The lowest BCUT2D eigenvalue weighted by molar-refractivity contribution is -0.121.